The topological polar surface area (TPSA) is 102 Å². The zero-order valence-electron chi connectivity index (χ0n) is 18.3. The molecule has 2 aromatic carbocycles. The molecule has 2 aliphatic rings. The van der Waals surface area contributed by atoms with Crippen molar-refractivity contribution < 1.29 is 9.59 Å². The number of carbonyl (C=O) groups excluding carboxylic acids is 2. The molecule has 0 atom stereocenters. The van der Waals surface area contributed by atoms with Crippen LogP contribution in [0.5, 0.6) is 0 Å². The second-order valence-electron chi connectivity index (χ2n) is 8.73. The first kappa shape index (κ1) is 20.3. The van der Waals surface area contributed by atoms with Crippen LogP contribution in [0.4, 0.5) is 0 Å². The normalized spacial score (nSPS) is 19.4. The lowest BCUT2D eigenvalue weighted by Gasteiger charge is -2.22. The minimum Gasteiger partial charge on any atom is -0.338 e. The Labute approximate surface area is 195 Å². The van der Waals surface area contributed by atoms with Gasteiger partial charge in [-0.25, -0.2) is 9.36 Å². The first-order valence-corrected chi connectivity index (χ1v) is 11.2. The van der Waals surface area contributed by atoms with Crippen LogP contribution < -0.4 is 0 Å². The first-order valence-electron chi connectivity index (χ1n) is 11.2. The molecule has 6 rings (SSSR count). The van der Waals surface area contributed by atoms with Gasteiger partial charge in [0.1, 0.15) is 0 Å². The standard InChI is InChI=1S/C24H22N8O2/c33-23(17-1-5-21(6-2-17)31-11-9-25-27-31)29-13-19-15-30(16-20(19)14-29)24(34)18-3-7-22(8-4-18)32-12-10-26-28-32/h1-12,19-20H,13-16H2. The maximum Gasteiger partial charge on any atom is 0.253 e. The van der Waals surface area contributed by atoms with Gasteiger partial charge >= 0.3 is 0 Å². The van der Waals surface area contributed by atoms with Crippen LogP contribution in [-0.2, 0) is 0 Å². The second kappa shape index (κ2) is 8.22. The van der Waals surface area contributed by atoms with Crippen molar-refractivity contribution in [3.05, 3.63) is 84.4 Å². The molecule has 2 aliphatic heterocycles. The highest BCUT2D eigenvalue weighted by molar-refractivity contribution is 5.95. The average molecular weight is 454 g/mol. The van der Waals surface area contributed by atoms with Gasteiger partial charge in [0, 0.05) is 49.1 Å². The Morgan fingerprint density at radius 3 is 1.32 bits per heavy atom. The van der Waals surface area contributed by atoms with E-state index in [1.165, 1.54) is 0 Å². The molecule has 0 N–H and O–H groups in total. The fourth-order valence-corrected chi connectivity index (χ4v) is 4.90. The minimum atomic E-state index is 0.0288. The summed E-state index contributed by atoms with van der Waals surface area (Å²) in [5, 5.41) is 15.6. The molecule has 170 valence electrons. The number of nitrogens with zero attached hydrogens (tertiary/aromatic N) is 8. The van der Waals surface area contributed by atoms with E-state index in [9.17, 15) is 9.59 Å². The van der Waals surface area contributed by atoms with E-state index in [0.29, 0.717) is 49.1 Å². The van der Waals surface area contributed by atoms with E-state index >= 15 is 0 Å². The molecule has 4 aromatic rings. The van der Waals surface area contributed by atoms with Crippen LogP contribution >= 0.6 is 0 Å². The molecule has 2 fully saturated rings. The van der Waals surface area contributed by atoms with E-state index < -0.39 is 0 Å². The molecule has 2 amide bonds. The smallest absolute Gasteiger partial charge is 0.253 e. The van der Waals surface area contributed by atoms with Gasteiger partial charge in [-0.15, -0.1) is 10.2 Å². The third kappa shape index (κ3) is 3.62. The van der Waals surface area contributed by atoms with Crippen LogP contribution in [0.2, 0.25) is 0 Å². The molecule has 0 spiro atoms. The summed E-state index contributed by atoms with van der Waals surface area (Å²) in [5.41, 5.74) is 3.03. The Bertz CT molecular complexity index is 1180. The Kier molecular flexibility index (Phi) is 4.90. The average Bonchev–Trinajstić information content (AvgIpc) is 3.67. The highest BCUT2D eigenvalue weighted by Crippen LogP contribution is 2.32. The molecule has 0 unspecified atom stereocenters. The number of hydrogen-bond acceptors (Lipinski definition) is 6. The van der Waals surface area contributed by atoms with E-state index in [1.54, 1.807) is 34.2 Å². The van der Waals surface area contributed by atoms with Crippen LogP contribution in [0, 0.1) is 11.8 Å². The fourth-order valence-electron chi connectivity index (χ4n) is 4.90. The molecule has 0 radical (unpaired) electrons. The molecular weight excluding hydrogens is 432 g/mol. The van der Waals surface area contributed by atoms with E-state index in [4.69, 9.17) is 0 Å². The van der Waals surface area contributed by atoms with Gasteiger partial charge in [-0.1, -0.05) is 10.4 Å². The van der Waals surface area contributed by atoms with Gasteiger partial charge in [0.2, 0.25) is 0 Å². The molecule has 10 heteroatoms. The van der Waals surface area contributed by atoms with Gasteiger partial charge in [-0.05, 0) is 48.5 Å². The van der Waals surface area contributed by atoms with Crippen molar-refractivity contribution in [2.45, 2.75) is 0 Å². The summed E-state index contributed by atoms with van der Waals surface area (Å²) in [4.78, 5) is 29.9. The third-order valence-corrected chi connectivity index (χ3v) is 6.66. The van der Waals surface area contributed by atoms with Crippen LogP contribution in [0.25, 0.3) is 11.4 Å². The van der Waals surface area contributed by atoms with Gasteiger partial charge in [0.25, 0.3) is 11.8 Å². The van der Waals surface area contributed by atoms with Gasteiger partial charge in [0.05, 0.1) is 36.2 Å². The maximum absolute atomic E-state index is 13.0. The summed E-state index contributed by atoms with van der Waals surface area (Å²) in [6.45, 7) is 2.68. The first-order chi connectivity index (χ1) is 16.7. The summed E-state index contributed by atoms with van der Waals surface area (Å²) in [7, 11) is 0. The predicted molar refractivity (Wildman–Crippen MR) is 122 cm³/mol. The number of likely N-dealkylation sites (tertiary alicyclic amines) is 2. The SMILES string of the molecule is O=C(c1ccc(-n2ccnn2)cc1)N1CC2CN(C(=O)c3ccc(-n4ccnn4)cc3)CC2C1. The number of aromatic nitrogens is 6. The van der Waals surface area contributed by atoms with Crippen molar-refractivity contribution in [1.29, 1.82) is 0 Å². The van der Waals surface area contributed by atoms with E-state index in [2.05, 4.69) is 20.6 Å². The Morgan fingerprint density at radius 1 is 0.618 bits per heavy atom. The maximum atomic E-state index is 13.0. The lowest BCUT2D eigenvalue weighted by Crippen LogP contribution is -2.35. The Morgan fingerprint density at radius 2 is 1.00 bits per heavy atom. The van der Waals surface area contributed by atoms with Crippen molar-refractivity contribution in [2.75, 3.05) is 26.2 Å². The predicted octanol–water partition coefficient (Wildman–Crippen LogP) is 1.69. The summed E-state index contributed by atoms with van der Waals surface area (Å²) < 4.78 is 3.31. The molecule has 0 bridgehead atoms. The van der Waals surface area contributed by atoms with Gasteiger partial charge in [-0.3, -0.25) is 9.59 Å². The van der Waals surface area contributed by atoms with Crippen LogP contribution in [0.3, 0.4) is 0 Å². The lowest BCUT2D eigenvalue weighted by atomic mass is 10.0. The fraction of sp³-hybridized carbons (Fsp3) is 0.250. The molecule has 2 saturated heterocycles. The number of carbonyl (C=O) groups is 2. The quantitative estimate of drug-likeness (QED) is 0.465. The summed E-state index contributed by atoms with van der Waals surface area (Å²) in [6.07, 6.45) is 6.75. The summed E-state index contributed by atoms with van der Waals surface area (Å²) >= 11 is 0. The highest BCUT2D eigenvalue weighted by atomic mass is 16.2. The van der Waals surface area contributed by atoms with Gasteiger partial charge < -0.3 is 9.80 Å². The summed E-state index contributed by atoms with van der Waals surface area (Å²) in [5.74, 6) is 0.663. The zero-order valence-corrected chi connectivity index (χ0v) is 18.3. The highest BCUT2D eigenvalue weighted by Gasteiger charge is 2.43. The molecule has 0 saturated carbocycles. The molecule has 34 heavy (non-hydrogen) atoms. The van der Waals surface area contributed by atoms with Crippen molar-refractivity contribution >= 4 is 11.8 Å². The van der Waals surface area contributed by atoms with Crippen LogP contribution in [-0.4, -0.2) is 77.8 Å². The molecular formula is C24H22N8O2. The number of fused-ring (bicyclic) bond motifs is 1. The summed E-state index contributed by atoms with van der Waals surface area (Å²) in [6, 6.07) is 14.8. The number of rotatable bonds is 4. The van der Waals surface area contributed by atoms with Crippen molar-refractivity contribution in [2.24, 2.45) is 11.8 Å². The Balaban J connectivity index is 1.07. The lowest BCUT2D eigenvalue weighted by molar-refractivity contribution is 0.0738. The van der Waals surface area contributed by atoms with E-state index in [-0.39, 0.29) is 11.8 Å². The Hall–Kier alpha value is -4.34. The largest absolute Gasteiger partial charge is 0.338 e. The monoisotopic (exact) mass is 454 g/mol. The van der Waals surface area contributed by atoms with E-state index in [1.807, 2.05) is 58.3 Å². The van der Waals surface area contributed by atoms with E-state index in [0.717, 1.165) is 11.4 Å². The molecule has 2 aromatic heterocycles. The van der Waals surface area contributed by atoms with Crippen molar-refractivity contribution in [3.63, 3.8) is 0 Å². The van der Waals surface area contributed by atoms with Gasteiger partial charge in [-0.2, -0.15) is 0 Å². The minimum absolute atomic E-state index is 0.0288. The van der Waals surface area contributed by atoms with Crippen LogP contribution in [0.15, 0.2) is 73.3 Å². The second-order valence-corrected chi connectivity index (χ2v) is 8.73. The molecule has 0 aliphatic carbocycles. The zero-order chi connectivity index (χ0) is 23.1. The third-order valence-electron chi connectivity index (χ3n) is 6.66. The molecule has 4 heterocycles. The van der Waals surface area contributed by atoms with Gasteiger partial charge in [0.15, 0.2) is 0 Å². The van der Waals surface area contributed by atoms with Crippen molar-refractivity contribution in [1.82, 2.24) is 39.8 Å². The number of benzene rings is 2. The van der Waals surface area contributed by atoms with Crippen LogP contribution in [0.1, 0.15) is 20.7 Å². The molecule has 10 nitrogen and oxygen atoms in total. The number of hydrogen-bond donors (Lipinski definition) is 0. The number of amides is 2. The van der Waals surface area contributed by atoms with Crippen molar-refractivity contribution in [3.8, 4) is 11.4 Å².